The molecule has 0 amide bonds. The van der Waals surface area contributed by atoms with E-state index in [1.54, 1.807) is 13.8 Å². The number of aryl methyl sites for hydroxylation is 1. The van der Waals surface area contributed by atoms with Crippen molar-refractivity contribution in [3.05, 3.63) is 51.8 Å². The Bertz CT molecular complexity index is 1150. The molecule has 3 aromatic rings. The Balaban J connectivity index is 1.99. The standard InChI is InChI=1S/C19H22ClFN4O3S/c1-5-16-23-24-19(28-16)17-11(3)18(12(4)25(17)6-2)29(26,27)22-10-13-7-8-15(21)14(20)9-13/h7-9,22H,5-6,10H2,1-4H3. The lowest BCUT2D eigenvalue weighted by Gasteiger charge is -2.09. The molecule has 0 fully saturated rings. The van der Waals surface area contributed by atoms with Crippen molar-refractivity contribution in [3.63, 3.8) is 0 Å². The van der Waals surface area contributed by atoms with Crippen LogP contribution in [0.2, 0.25) is 5.02 Å². The number of aromatic nitrogens is 3. The number of nitrogens with one attached hydrogen (secondary N) is 1. The average molecular weight is 441 g/mol. The molecule has 2 aromatic heterocycles. The second-order valence-electron chi connectivity index (χ2n) is 6.56. The van der Waals surface area contributed by atoms with Crippen LogP contribution >= 0.6 is 11.6 Å². The third kappa shape index (κ3) is 4.08. The van der Waals surface area contributed by atoms with Gasteiger partial charge in [-0.05, 0) is 38.5 Å². The largest absolute Gasteiger partial charge is 0.419 e. The van der Waals surface area contributed by atoms with Gasteiger partial charge in [-0.3, -0.25) is 0 Å². The lowest BCUT2D eigenvalue weighted by atomic mass is 10.2. The van der Waals surface area contributed by atoms with Gasteiger partial charge in [0.2, 0.25) is 15.9 Å². The summed E-state index contributed by atoms with van der Waals surface area (Å²) in [6, 6.07) is 4.08. The molecular weight excluding hydrogens is 419 g/mol. The monoisotopic (exact) mass is 440 g/mol. The van der Waals surface area contributed by atoms with Gasteiger partial charge < -0.3 is 8.98 Å². The molecule has 0 saturated heterocycles. The Labute approximate surface area is 174 Å². The molecule has 10 heteroatoms. The van der Waals surface area contributed by atoms with Crippen LogP contribution < -0.4 is 4.72 Å². The van der Waals surface area contributed by atoms with Crippen LogP contribution in [0.25, 0.3) is 11.6 Å². The minimum absolute atomic E-state index is 0.0195. The number of hydrogen-bond donors (Lipinski definition) is 1. The highest BCUT2D eigenvalue weighted by molar-refractivity contribution is 7.89. The molecular formula is C19H22ClFN4O3S. The smallest absolute Gasteiger partial charge is 0.264 e. The van der Waals surface area contributed by atoms with Gasteiger partial charge in [0, 0.05) is 30.8 Å². The van der Waals surface area contributed by atoms with E-state index in [0.29, 0.717) is 41.4 Å². The zero-order chi connectivity index (χ0) is 21.3. The number of sulfonamides is 1. The van der Waals surface area contributed by atoms with Crippen molar-refractivity contribution in [2.24, 2.45) is 0 Å². The van der Waals surface area contributed by atoms with Crippen LogP contribution in [-0.2, 0) is 29.5 Å². The number of benzene rings is 1. The second kappa shape index (κ2) is 8.25. The Morgan fingerprint density at radius 1 is 1.24 bits per heavy atom. The van der Waals surface area contributed by atoms with Gasteiger partial charge in [-0.25, -0.2) is 17.5 Å². The number of hydrogen-bond acceptors (Lipinski definition) is 5. The Morgan fingerprint density at radius 3 is 2.55 bits per heavy atom. The fourth-order valence-electron chi connectivity index (χ4n) is 3.33. The molecule has 2 heterocycles. The quantitative estimate of drug-likeness (QED) is 0.599. The van der Waals surface area contributed by atoms with Crippen LogP contribution in [0.1, 0.15) is 36.6 Å². The minimum atomic E-state index is -3.86. The van der Waals surface area contributed by atoms with Crippen molar-refractivity contribution in [3.8, 4) is 11.6 Å². The maximum absolute atomic E-state index is 13.3. The zero-order valence-corrected chi connectivity index (χ0v) is 18.2. The molecule has 1 N–H and O–H groups in total. The fourth-order valence-corrected chi connectivity index (χ4v) is 5.03. The highest BCUT2D eigenvalue weighted by atomic mass is 35.5. The Morgan fingerprint density at radius 2 is 1.97 bits per heavy atom. The molecule has 3 rings (SSSR count). The van der Waals surface area contributed by atoms with Crippen LogP contribution in [0.4, 0.5) is 4.39 Å². The molecule has 0 bridgehead atoms. The van der Waals surface area contributed by atoms with Gasteiger partial charge in [0.25, 0.3) is 5.89 Å². The molecule has 0 aliphatic heterocycles. The summed E-state index contributed by atoms with van der Waals surface area (Å²) in [4.78, 5) is 0.166. The summed E-state index contributed by atoms with van der Waals surface area (Å²) in [5, 5.41) is 7.99. The van der Waals surface area contributed by atoms with E-state index in [9.17, 15) is 12.8 Å². The van der Waals surface area contributed by atoms with Crippen molar-refractivity contribution in [2.45, 2.75) is 52.1 Å². The van der Waals surface area contributed by atoms with E-state index in [0.717, 1.165) is 0 Å². The van der Waals surface area contributed by atoms with E-state index in [4.69, 9.17) is 16.0 Å². The van der Waals surface area contributed by atoms with E-state index < -0.39 is 15.8 Å². The summed E-state index contributed by atoms with van der Waals surface area (Å²) in [6.45, 7) is 7.78. The molecule has 0 spiro atoms. The van der Waals surface area contributed by atoms with E-state index in [2.05, 4.69) is 14.9 Å². The van der Waals surface area contributed by atoms with Crippen molar-refractivity contribution in [2.75, 3.05) is 0 Å². The Hall–Kier alpha value is -2.23. The van der Waals surface area contributed by atoms with Crippen molar-refractivity contribution >= 4 is 21.6 Å². The summed E-state index contributed by atoms with van der Waals surface area (Å²) in [5.74, 6) is 0.216. The molecule has 156 valence electrons. The van der Waals surface area contributed by atoms with Crippen LogP contribution in [0.3, 0.4) is 0 Å². The molecule has 0 saturated carbocycles. The van der Waals surface area contributed by atoms with Crippen molar-refractivity contribution in [1.29, 1.82) is 0 Å². The van der Waals surface area contributed by atoms with Crippen LogP contribution in [-0.4, -0.2) is 23.2 Å². The van der Waals surface area contributed by atoms with Crippen molar-refractivity contribution in [1.82, 2.24) is 19.5 Å². The summed E-state index contributed by atoms with van der Waals surface area (Å²) >= 11 is 5.78. The summed E-state index contributed by atoms with van der Waals surface area (Å²) in [5.41, 5.74) is 2.23. The van der Waals surface area contributed by atoms with Gasteiger partial charge in [0.1, 0.15) is 16.4 Å². The first kappa shape index (κ1) is 21.5. The summed E-state index contributed by atoms with van der Waals surface area (Å²) < 4.78 is 49.5. The first-order valence-corrected chi connectivity index (χ1v) is 11.0. The highest BCUT2D eigenvalue weighted by Crippen LogP contribution is 2.33. The maximum Gasteiger partial charge on any atom is 0.264 e. The topological polar surface area (TPSA) is 90.0 Å². The molecule has 7 nitrogen and oxygen atoms in total. The fraction of sp³-hybridized carbons (Fsp3) is 0.368. The minimum Gasteiger partial charge on any atom is -0.419 e. The maximum atomic E-state index is 13.3. The van der Waals surface area contributed by atoms with Gasteiger partial charge in [-0.15, -0.1) is 10.2 Å². The van der Waals surface area contributed by atoms with Crippen LogP contribution in [0.5, 0.6) is 0 Å². The third-order valence-corrected chi connectivity index (χ3v) is 6.66. The van der Waals surface area contributed by atoms with E-state index in [1.807, 2.05) is 18.4 Å². The van der Waals surface area contributed by atoms with Gasteiger partial charge in [0.15, 0.2) is 0 Å². The molecule has 0 unspecified atom stereocenters. The average Bonchev–Trinajstić information content (AvgIpc) is 3.24. The van der Waals surface area contributed by atoms with Gasteiger partial charge in [0.05, 0.1) is 5.02 Å². The molecule has 0 aliphatic carbocycles. The Kier molecular flexibility index (Phi) is 6.11. The van der Waals surface area contributed by atoms with Gasteiger partial charge in [-0.2, -0.15) is 0 Å². The van der Waals surface area contributed by atoms with E-state index >= 15 is 0 Å². The third-order valence-electron chi connectivity index (χ3n) is 4.71. The predicted octanol–water partition coefficient (Wildman–Crippen LogP) is 4.01. The van der Waals surface area contributed by atoms with Gasteiger partial charge in [-0.1, -0.05) is 24.6 Å². The number of halogens is 2. The molecule has 0 atom stereocenters. The SMILES string of the molecule is CCc1nnc(-c2c(C)c(S(=O)(=O)NCc3ccc(F)c(Cl)c3)c(C)n2CC)o1. The lowest BCUT2D eigenvalue weighted by molar-refractivity contribution is 0.507. The molecule has 1 aromatic carbocycles. The summed E-state index contributed by atoms with van der Waals surface area (Å²) in [6.07, 6.45) is 0.588. The predicted molar refractivity (Wildman–Crippen MR) is 108 cm³/mol. The van der Waals surface area contributed by atoms with Crippen LogP contribution in [0, 0.1) is 19.7 Å². The second-order valence-corrected chi connectivity index (χ2v) is 8.67. The molecule has 0 radical (unpaired) electrons. The van der Waals surface area contributed by atoms with Crippen LogP contribution in [0.15, 0.2) is 27.5 Å². The number of rotatable bonds is 7. The van der Waals surface area contributed by atoms with Crippen molar-refractivity contribution < 1.29 is 17.2 Å². The zero-order valence-electron chi connectivity index (χ0n) is 16.6. The molecule has 0 aliphatic rings. The van der Waals surface area contributed by atoms with E-state index in [-0.39, 0.29) is 22.4 Å². The molecule has 29 heavy (non-hydrogen) atoms. The lowest BCUT2D eigenvalue weighted by Crippen LogP contribution is -2.24. The number of nitrogens with zero attached hydrogens (tertiary/aromatic N) is 3. The highest BCUT2D eigenvalue weighted by Gasteiger charge is 2.29. The first-order valence-electron chi connectivity index (χ1n) is 9.15. The van der Waals surface area contributed by atoms with E-state index in [1.165, 1.54) is 18.2 Å². The van der Waals surface area contributed by atoms with Gasteiger partial charge >= 0.3 is 0 Å². The summed E-state index contributed by atoms with van der Waals surface area (Å²) in [7, 11) is -3.86. The normalized spacial score (nSPS) is 11.9. The first-order chi connectivity index (χ1) is 13.7.